The molecule has 7 heteroatoms. The van der Waals surface area contributed by atoms with Crippen LogP contribution in [0, 0.1) is 6.92 Å². The van der Waals surface area contributed by atoms with Crippen LogP contribution in [-0.2, 0) is 21.4 Å². The van der Waals surface area contributed by atoms with Crippen molar-refractivity contribution >= 4 is 21.6 Å². The number of likely N-dealkylation sites (N-methyl/N-ethyl adjacent to an activating group) is 1. The first kappa shape index (κ1) is 20.8. The van der Waals surface area contributed by atoms with Gasteiger partial charge >= 0.3 is 0 Å². The molecule has 1 amide bonds. The van der Waals surface area contributed by atoms with E-state index in [1.54, 1.807) is 43.1 Å². The van der Waals surface area contributed by atoms with E-state index in [2.05, 4.69) is 0 Å². The van der Waals surface area contributed by atoms with Gasteiger partial charge in [0.15, 0.2) is 6.10 Å². The molecule has 0 aromatic heterocycles. The first-order valence-corrected chi connectivity index (χ1v) is 10.4. The Kier molecular flexibility index (Phi) is 6.49. The van der Waals surface area contributed by atoms with Crippen LogP contribution >= 0.6 is 0 Å². The molecule has 0 aliphatic rings. The summed E-state index contributed by atoms with van der Waals surface area (Å²) >= 11 is 0. The summed E-state index contributed by atoms with van der Waals surface area (Å²) in [6.07, 6.45) is 0.487. The Bertz CT molecular complexity index is 877. The zero-order valence-electron chi connectivity index (χ0n) is 16.3. The van der Waals surface area contributed by atoms with Crippen molar-refractivity contribution in [3.05, 3.63) is 59.7 Å². The van der Waals surface area contributed by atoms with E-state index < -0.39 is 16.1 Å². The van der Waals surface area contributed by atoms with Gasteiger partial charge in [-0.15, -0.1) is 0 Å². The predicted octanol–water partition coefficient (Wildman–Crippen LogP) is 2.82. The highest BCUT2D eigenvalue weighted by molar-refractivity contribution is 7.92. The van der Waals surface area contributed by atoms with E-state index >= 15 is 0 Å². The van der Waals surface area contributed by atoms with E-state index in [9.17, 15) is 13.2 Å². The lowest BCUT2D eigenvalue weighted by Gasteiger charge is -2.23. The Hall–Kier alpha value is -2.54. The normalized spacial score (nSPS) is 12.3. The minimum Gasteiger partial charge on any atom is -0.481 e. The maximum atomic E-state index is 12.5. The van der Waals surface area contributed by atoms with Gasteiger partial charge in [-0.1, -0.05) is 29.8 Å². The van der Waals surface area contributed by atoms with Gasteiger partial charge in [-0.2, -0.15) is 0 Å². The van der Waals surface area contributed by atoms with Gasteiger partial charge in [0.1, 0.15) is 5.75 Å². The van der Waals surface area contributed by atoms with E-state index in [0.717, 1.165) is 11.8 Å². The van der Waals surface area contributed by atoms with Gasteiger partial charge in [-0.25, -0.2) is 8.42 Å². The van der Waals surface area contributed by atoms with Crippen LogP contribution in [0.5, 0.6) is 5.75 Å². The van der Waals surface area contributed by atoms with Gasteiger partial charge in [0.2, 0.25) is 10.0 Å². The number of aryl methyl sites for hydroxylation is 1. The Morgan fingerprint density at radius 1 is 1.04 bits per heavy atom. The molecule has 0 bridgehead atoms. The van der Waals surface area contributed by atoms with Crippen molar-refractivity contribution in [3.8, 4) is 5.75 Å². The molecule has 0 N–H and O–H groups in total. The smallest absolute Gasteiger partial charge is 0.263 e. The average molecular weight is 391 g/mol. The number of hydrogen-bond donors (Lipinski definition) is 0. The quantitative estimate of drug-likeness (QED) is 0.729. The molecule has 1 atom stereocenters. The Balaban J connectivity index is 1.98. The van der Waals surface area contributed by atoms with Crippen LogP contribution < -0.4 is 9.04 Å². The van der Waals surface area contributed by atoms with Crippen molar-refractivity contribution < 1.29 is 17.9 Å². The number of rotatable bonds is 7. The number of carbonyl (C=O) groups is 1. The summed E-state index contributed by atoms with van der Waals surface area (Å²) in [5.41, 5.74) is 2.76. The van der Waals surface area contributed by atoms with Crippen LogP contribution in [0.15, 0.2) is 48.5 Å². The van der Waals surface area contributed by atoms with Gasteiger partial charge in [0, 0.05) is 20.6 Å². The van der Waals surface area contributed by atoms with Crippen LogP contribution in [0.3, 0.4) is 0 Å². The maximum Gasteiger partial charge on any atom is 0.263 e. The number of amides is 1. The molecule has 2 aromatic carbocycles. The first-order valence-electron chi connectivity index (χ1n) is 8.59. The molecule has 0 aliphatic heterocycles. The second kappa shape index (κ2) is 8.43. The summed E-state index contributed by atoms with van der Waals surface area (Å²) in [5, 5.41) is 0. The second-order valence-corrected chi connectivity index (χ2v) is 8.68. The number of benzene rings is 2. The van der Waals surface area contributed by atoms with Crippen molar-refractivity contribution in [2.24, 2.45) is 0 Å². The van der Waals surface area contributed by atoms with Crippen molar-refractivity contribution in [1.29, 1.82) is 0 Å². The summed E-state index contributed by atoms with van der Waals surface area (Å²) in [7, 11) is -0.0914. The van der Waals surface area contributed by atoms with E-state index in [4.69, 9.17) is 4.74 Å². The van der Waals surface area contributed by atoms with E-state index in [-0.39, 0.29) is 5.91 Å². The Morgan fingerprint density at radius 3 is 2.11 bits per heavy atom. The molecular weight excluding hydrogens is 364 g/mol. The molecule has 0 unspecified atom stereocenters. The van der Waals surface area contributed by atoms with Gasteiger partial charge in [-0.3, -0.25) is 9.10 Å². The van der Waals surface area contributed by atoms with Crippen molar-refractivity contribution in [2.45, 2.75) is 26.5 Å². The minimum atomic E-state index is -3.32. The van der Waals surface area contributed by atoms with Crippen molar-refractivity contribution in [1.82, 2.24) is 4.90 Å². The molecule has 0 saturated carbocycles. The van der Waals surface area contributed by atoms with Gasteiger partial charge in [0.25, 0.3) is 5.91 Å². The number of ether oxygens (including phenoxy) is 1. The Labute approximate surface area is 161 Å². The summed E-state index contributed by atoms with van der Waals surface area (Å²) in [6, 6.07) is 14.6. The van der Waals surface area contributed by atoms with Gasteiger partial charge in [0.05, 0.1) is 11.9 Å². The molecule has 2 rings (SSSR count). The molecule has 2 aromatic rings. The number of hydrogen-bond acceptors (Lipinski definition) is 4. The lowest BCUT2D eigenvalue weighted by molar-refractivity contribution is -0.137. The summed E-state index contributed by atoms with van der Waals surface area (Å²) in [4.78, 5) is 14.2. The zero-order chi connectivity index (χ0) is 20.2. The summed E-state index contributed by atoms with van der Waals surface area (Å²) < 4.78 is 30.0. The molecular formula is C20H26N2O4S. The second-order valence-electron chi connectivity index (χ2n) is 6.66. The van der Waals surface area contributed by atoms with E-state index in [0.29, 0.717) is 18.0 Å². The summed E-state index contributed by atoms with van der Waals surface area (Å²) in [6.45, 7) is 4.23. The van der Waals surface area contributed by atoms with Crippen LogP contribution in [0.2, 0.25) is 0 Å². The molecule has 0 spiro atoms. The molecule has 0 aliphatic carbocycles. The fraction of sp³-hybridized carbons (Fsp3) is 0.350. The lowest BCUT2D eigenvalue weighted by Crippen LogP contribution is -2.37. The van der Waals surface area contributed by atoms with Gasteiger partial charge < -0.3 is 9.64 Å². The molecule has 146 valence electrons. The SMILES string of the molecule is Cc1ccc(CN(C)C(=O)[C@H](C)Oc2ccc(N(C)S(C)(=O)=O)cc2)cc1. The van der Waals surface area contributed by atoms with Crippen LogP contribution in [0.1, 0.15) is 18.1 Å². The predicted molar refractivity (Wildman–Crippen MR) is 107 cm³/mol. The maximum absolute atomic E-state index is 12.5. The monoisotopic (exact) mass is 390 g/mol. The highest BCUT2D eigenvalue weighted by atomic mass is 32.2. The van der Waals surface area contributed by atoms with E-state index in [1.165, 1.54) is 16.9 Å². The van der Waals surface area contributed by atoms with Crippen LogP contribution in [0.25, 0.3) is 0 Å². The number of carbonyl (C=O) groups excluding carboxylic acids is 1. The molecule has 6 nitrogen and oxygen atoms in total. The molecule has 0 radical (unpaired) electrons. The molecule has 27 heavy (non-hydrogen) atoms. The summed E-state index contributed by atoms with van der Waals surface area (Å²) in [5.74, 6) is 0.373. The third-order valence-corrected chi connectivity index (χ3v) is 5.48. The fourth-order valence-electron chi connectivity index (χ4n) is 2.54. The third kappa shape index (κ3) is 5.72. The van der Waals surface area contributed by atoms with Crippen molar-refractivity contribution in [3.63, 3.8) is 0 Å². The number of anilines is 1. The number of nitrogens with zero attached hydrogens (tertiary/aromatic N) is 2. The fourth-order valence-corrected chi connectivity index (χ4v) is 3.04. The molecule has 0 fully saturated rings. The third-order valence-electron chi connectivity index (χ3n) is 4.27. The van der Waals surface area contributed by atoms with Crippen molar-refractivity contribution in [2.75, 3.05) is 24.7 Å². The minimum absolute atomic E-state index is 0.132. The lowest BCUT2D eigenvalue weighted by atomic mass is 10.1. The number of sulfonamides is 1. The molecule has 0 heterocycles. The standard InChI is InChI=1S/C20H26N2O4S/c1-15-6-8-17(9-7-15)14-21(3)20(23)16(2)26-19-12-10-18(11-13-19)22(4)27(5,24)25/h6-13,16H,14H2,1-5H3/t16-/m0/s1. The largest absolute Gasteiger partial charge is 0.481 e. The van der Waals surface area contributed by atoms with Crippen LogP contribution in [0.4, 0.5) is 5.69 Å². The highest BCUT2D eigenvalue weighted by Crippen LogP contribution is 2.21. The van der Waals surface area contributed by atoms with E-state index in [1.807, 2.05) is 31.2 Å². The first-order chi connectivity index (χ1) is 12.6. The van der Waals surface area contributed by atoms with Gasteiger partial charge in [-0.05, 0) is 43.7 Å². The Morgan fingerprint density at radius 2 is 1.59 bits per heavy atom. The highest BCUT2D eigenvalue weighted by Gasteiger charge is 2.20. The molecule has 0 saturated heterocycles. The van der Waals surface area contributed by atoms with Crippen LogP contribution in [-0.4, -0.2) is 45.7 Å². The average Bonchev–Trinajstić information content (AvgIpc) is 2.62. The topological polar surface area (TPSA) is 66.9 Å². The zero-order valence-corrected chi connectivity index (χ0v) is 17.2.